The van der Waals surface area contributed by atoms with Crippen molar-refractivity contribution in [2.75, 3.05) is 37.6 Å². The van der Waals surface area contributed by atoms with Crippen LogP contribution in [0.5, 0.6) is 0 Å². The zero-order valence-corrected chi connectivity index (χ0v) is 12.7. The molecule has 1 N–H and O–H groups in total. The van der Waals surface area contributed by atoms with Crippen molar-refractivity contribution in [1.82, 2.24) is 14.5 Å². The molecule has 0 radical (unpaired) electrons. The van der Waals surface area contributed by atoms with Crippen LogP contribution in [-0.2, 0) is 10.3 Å². The number of carboxylic acid groups (broad SMARTS) is 1. The van der Waals surface area contributed by atoms with Crippen molar-refractivity contribution in [3.63, 3.8) is 0 Å². The molecule has 7 heteroatoms. The highest BCUT2D eigenvalue weighted by atomic mass is 16.4. The van der Waals surface area contributed by atoms with Gasteiger partial charge in [-0.25, -0.2) is 4.98 Å². The first-order valence-electron chi connectivity index (χ1n) is 7.06. The van der Waals surface area contributed by atoms with E-state index in [0.717, 1.165) is 0 Å². The van der Waals surface area contributed by atoms with E-state index in [4.69, 9.17) is 5.11 Å². The van der Waals surface area contributed by atoms with Gasteiger partial charge in [0.05, 0.1) is 6.54 Å². The van der Waals surface area contributed by atoms with E-state index in [1.807, 2.05) is 30.6 Å². The van der Waals surface area contributed by atoms with Crippen molar-refractivity contribution in [2.24, 2.45) is 0 Å². The zero-order chi connectivity index (χ0) is 15.6. The second-order valence-corrected chi connectivity index (χ2v) is 6.25. The predicted octanol–water partition coefficient (Wildman–Crippen LogP) is 0.205. The number of rotatable bonds is 3. The number of anilines is 1. The van der Waals surface area contributed by atoms with E-state index in [1.54, 1.807) is 17.0 Å². The maximum atomic E-state index is 12.5. The van der Waals surface area contributed by atoms with E-state index < -0.39 is 5.97 Å². The summed E-state index contributed by atoms with van der Waals surface area (Å²) in [5, 5.41) is 8.80. The Balaban J connectivity index is 2.14. The molecule has 2 heterocycles. The monoisotopic (exact) mass is 294 g/mol. The van der Waals surface area contributed by atoms with Gasteiger partial charge in [0.25, 0.3) is 5.56 Å². The van der Waals surface area contributed by atoms with Crippen LogP contribution >= 0.6 is 0 Å². The number of aliphatic carboxylic acids is 1. The van der Waals surface area contributed by atoms with Crippen LogP contribution in [0.15, 0.2) is 17.2 Å². The van der Waals surface area contributed by atoms with Crippen LogP contribution in [0.1, 0.15) is 20.8 Å². The first-order chi connectivity index (χ1) is 9.79. The first-order valence-corrected chi connectivity index (χ1v) is 7.06. The number of nitrogens with zero attached hydrogens (tertiary/aromatic N) is 4. The molecule has 1 aliphatic rings. The Morgan fingerprint density at radius 2 is 1.90 bits per heavy atom. The molecule has 0 atom stereocenters. The van der Waals surface area contributed by atoms with E-state index in [1.165, 1.54) is 0 Å². The Labute approximate surface area is 123 Å². The van der Waals surface area contributed by atoms with Crippen LogP contribution in [0.25, 0.3) is 0 Å². The lowest BCUT2D eigenvalue weighted by Crippen LogP contribution is -2.50. The standard InChI is InChI=1S/C14H22N4O3/c1-14(2,3)18-5-4-15-12(13(18)21)17-8-6-16(7-9-17)10-11(19)20/h4-5H,6-10H2,1-3H3,(H,19,20). The molecule has 0 aliphatic carbocycles. The van der Waals surface area contributed by atoms with E-state index in [2.05, 4.69) is 4.98 Å². The first kappa shape index (κ1) is 15.5. The van der Waals surface area contributed by atoms with Crippen molar-refractivity contribution >= 4 is 11.8 Å². The molecule has 0 spiro atoms. The Bertz CT molecular complexity index is 568. The maximum absolute atomic E-state index is 12.5. The van der Waals surface area contributed by atoms with E-state index in [9.17, 15) is 9.59 Å². The van der Waals surface area contributed by atoms with Crippen molar-refractivity contribution in [2.45, 2.75) is 26.3 Å². The maximum Gasteiger partial charge on any atom is 0.317 e. The molecule has 1 aromatic heterocycles. The van der Waals surface area contributed by atoms with Gasteiger partial charge in [-0.3, -0.25) is 14.5 Å². The minimum Gasteiger partial charge on any atom is -0.480 e. The lowest BCUT2D eigenvalue weighted by atomic mass is 10.1. The number of hydrogen-bond donors (Lipinski definition) is 1. The fraction of sp³-hybridized carbons (Fsp3) is 0.643. The molecular formula is C14H22N4O3. The van der Waals surface area contributed by atoms with Gasteiger partial charge in [0, 0.05) is 44.1 Å². The molecule has 0 saturated carbocycles. The highest BCUT2D eigenvalue weighted by molar-refractivity contribution is 5.69. The van der Waals surface area contributed by atoms with Gasteiger partial charge in [0.15, 0.2) is 5.82 Å². The highest BCUT2D eigenvalue weighted by Crippen LogP contribution is 2.13. The van der Waals surface area contributed by atoms with E-state index >= 15 is 0 Å². The number of carboxylic acids is 1. The third-order valence-electron chi connectivity index (χ3n) is 3.58. The molecule has 1 fully saturated rings. The van der Waals surface area contributed by atoms with Gasteiger partial charge >= 0.3 is 5.97 Å². The molecule has 0 aromatic carbocycles. The number of hydrogen-bond acceptors (Lipinski definition) is 5. The van der Waals surface area contributed by atoms with Gasteiger partial charge in [0.2, 0.25) is 0 Å². The summed E-state index contributed by atoms with van der Waals surface area (Å²) in [6.07, 6.45) is 3.35. The summed E-state index contributed by atoms with van der Waals surface area (Å²) in [6, 6.07) is 0. The van der Waals surface area contributed by atoms with Crippen molar-refractivity contribution in [1.29, 1.82) is 0 Å². The average Bonchev–Trinajstić information content (AvgIpc) is 2.38. The van der Waals surface area contributed by atoms with Gasteiger partial charge in [-0.05, 0) is 20.8 Å². The molecule has 1 saturated heterocycles. The molecule has 0 unspecified atom stereocenters. The van der Waals surface area contributed by atoms with Crippen LogP contribution in [0.3, 0.4) is 0 Å². The van der Waals surface area contributed by atoms with Gasteiger partial charge in [-0.2, -0.15) is 0 Å². The largest absolute Gasteiger partial charge is 0.480 e. The molecule has 1 aliphatic heterocycles. The van der Waals surface area contributed by atoms with Gasteiger partial charge in [-0.15, -0.1) is 0 Å². The number of carbonyl (C=O) groups is 1. The normalized spacial score (nSPS) is 17.0. The topological polar surface area (TPSA) is 78.7 Å². The Morgan fingerprint density at radius 1 is 1.29 bits per heavy atom. The van der Waals surface area contributed by atoms with Crippen LogP contribution < -0.4 is 10.5 Å². The fourth-order valence-corrected chi connectivity index (χ4v) is 2.46. The van der Waals surface area contributed by atoms with E-state index in [-0.39, 0.29) is 17.6 Å². The smallest absolute Gasteiger partial charge is 0.317 e. The van der Waals surface area contributed by atoms with Crippen LogP contribution in [0, 0.1) is 0 Å². The quantitative estimate of drug-likeness (QED) is 0.858. The Kier molecular flexibility index (Phi) is 4.32. The summed E-state index contributed by atoms with van der Waals surface area (Å²) in [6.45, 7) is 8.44. The van der Waals surface area contributed by atoms with Crippen molar-refractivity contribution in [3.8, 4) is 0 Å². The predicted molar refractivity (Wildman–Crippen MR) is 79.8 cm³/mol. The second-order valence-electron chi connectivity index (χ2n) is 6.25. The summed E-state index contributed by atoms with van der Waals surface area (Å²) in [5.74, 6) is -0.376. The summed E-state index contributed by atoms with van der Waals surface area (Å²) in [5.41, 5.74) is -0.392. The lowest BCUT2D eigenvalue weighted by Gasteiger charge is -2.34. The molecule has 21 heavy (non-hydrogen) atoms. The van der Waals surface area contributed by atoms with E-state index in [0.29, 0.717) is 32.0 Å². The molecule has 0 bridgehead atoms. The van der Waals surface area contributed by atoms with Crippen molar-refractivity contribution < 1.29 is 9.90 Å². The summed E-state index contributed by atoms with van der Waals surface area (Å²) in [7, 11) is 0. The highest BCUT2D eigenvalue weighted by Gasteiger charge is 2.24. The van der Waals surface area contributed by atoms with Gasteiger partial charge in [-0.1, -0.05) is 0 Å². The summed E-state index contributed by atoms with van der Waals surface area (Å²) < 4.78 is 1.68. The number of piperazine rings is 1. The molecule has 0 amide bonds. The molecule has 1 aromatic rings. The average molecular weight is 294 g/mol. The molecule has 7 nitrogen and oxygen atoms in total. The fourth-order valence-electron chi connectivity index (χ4n) is 2.46. The Morgan fingerprint density at radius 3 is 2.43 bits per heavy atom. The SMILES string of the molecule is CC(C)(C)n1ccnc(N2CCN(CC(=O)O)CC2)c1=O. The Hall–Kier alpha value is -1.89. The molecular weight excluding hydrogens is 272 g/mol. The minimum absolute atomic E-state index is 0.0439. The third-order valence-corrected chi connectivity index (χ3v) is 3.58. The van der Waals surface area contributed by atoms with Crippen LogP contribution in [0.2, 0.25) is 0 Å². The van der Waals surface area contributed by atoms with Crippen LogP contribution in [0.4, 0.5) is 5.82 Å². The minimum atomic E-state index is -0.823. The van der Waals surface area contributed by atoms with Gasteiger partial charge < -0.3 is 14.6 Å². The molecule has 2 rings (SSSR count). The molecule has 116 valence electrons. The summed E-state index contributed by atoms with van der Waals surface area (Å²) >= 11 is 0. The summed E-state index contributed by atoms with van der Waals surface area (Å²) in [4.78, 5) is 31.3. The zero-order valence-electron chi connectivity index (χ0n) is 12.7. The third kappa shape index (κ3) is 3.60. The van der Waals surface area contributed by atoms with Crippen LogP contribution in [-0.4, -0.2) is 58.3 Å². The van der Waals surface area contributed by atoms with Gasteiger partial charge in [0.1, 0.15) is 0 Å². The van der Waals surface area contributed by atoms with Crippen molar-refractivity contribution in [3.05, 3.63) is 22.7 Å². The second kappa shape index (κ2) is 5.85. The number of aromatic nitrogens is 2. The lowest BCUT2D eigenvalue weighted by molar-refractivity contribution is -0.138.